The van der Waals surface area contributed by atoms with E-state index in [0.29, 0.717) is 17.0 Å². The summed E-state index contributed by atoms with van der Waals surface area (Å²) in [5.74, 6) is -0.336. The maximum Gasteiger partial charge on any atom is 0.319 e. The van der Waals surface area contributed by atoms with Crippen molar-refractivity contribution in [2.75, 3.05) is 19.0 Å². The summed E-state index contributed by atoms with van der Waals surface area (Å²) in [6, 6.07) is 9.34. The molecule has 0 unspecified atom stereocenters. The first-order valence-electron chi connectivity index (χ1n) is 11.0. The van der Waals surface area contributed by atoms with E-state index in [1.165, 1.54) is 24.9 Å². The highest BCUT2D eigenvalue weighted by Crippen LogP contribution is 2.27. The van der Waals surface area contributed by atoms with E-state index in [-0.39, 0.29) is 24.5 Å². The number of methoxy groups -OCH3 is 1. The van der Waals surface area contributed by atoms with Crippen molar-refractivity contribution < 1.29 is 24.2 Å². The summed E-state index contributed by atoms with van der Waals surface area (Å²) in [5, 5.41) is 15.4. The van der Waals surface area contributed by atoms with Crippen molar-refractivity contribution in [3.63, 3.8) is 0 Å². The van der Waals surface area contributed by atoms with Crippen molar-refractivity contribution in [3.05, 3.63) is 70.3 Å². The number of pyridine rings is 2. The van der Waals surface area contributed by atoms with Gasteiger partial charge in [-0.05, 0) is 37.1 Å². The van der Waals surface area contributed by atoms with Gasteiger partial charge in [0.05, 0.1) is 26.2 Å². The monoisotopic (exact) mass is 480 g/mol. The number of benzene rings is 1. The molecule has 0 fully saturated rings. The topological polar surface area (TPSA) is 132 Å². The fraction of sp³-hybridized carbons (Fsp3) is 0.280. The van der Waals surface area contributed by atoms with Crippen molar-refractivity contribution in [3.8, 4) is 22.8 Å². The maximum atomic E-state index is 12.8. The van der Waals surface area contributed by atoms with E-state index in [2.05, 4.69) is 15.6 Å². The van der Waals surface area contributed by atoms with Crippen LogP contribution < -0.4 is 20.9 Å². The first-order chi connectivity index (χ1) is 16.7. The summed E-state index contributed by atoms with van der Waals surface area (Å²) in [6.45, 7) is 3.50. The zero-order valence-electron chi connectivity index (χ0n) is 20.0. The zero-order valence-corrected chi connectivity index (χ0v) is 20.0. The predicted molar refractivity (Wildman–Crippen MR) is 130 cm³/mol. The molecule has 35 heavy (non-hydrogen) atoms. The number of esters is 1. The quantitative estimate of drug-likeness (QED) is 0.422. The molecular weight excluding hydrogens is 452 g/mol. The summed E-state index contributed by atoms with van der Waals surface area (Å²) in [5.41, 5.74) is 1.88. The van der Waals surface area contributed by atoms with Gasteiger partial charge in [-0.25, -0.2) is 9.78 Å². The molecule has 1 aromatic carbocycles. The van der Waals surface area contributed by atoms with Crippen molar-refractivity contribution >= 4 is 17.7 Å². The van der Waals surface area contributed by atoms with E-state index in [1.54, 1.807) is 38.2 Å². The van der Waals surface area contributed by atoms with Crippen LogP contribution in [0.15, 0.2) is 53.6 Å². The summed E-state index contributed by atoms with van der Waals surface area (Å²) in [7, 11) is 3.05. The highest BCUT2D eigenvalue weighted by molar-refractivity contribution is 5.91. The van der Waals surface area contributed by atoms with Crippen LogP contribution in [-0.4, -0.2) is 40.4 Å². The Morgan fingerprint density at radius 2 is 1.97 bits per heavy atom. The molecule has 0 saturated carbocycles. The van der Waals surface area contributed by atoms with E-state index < -0.39 is 23.6 Å². The van der Waals surface area contributed by atoms with Gasteiger partial charge in [-0.15, -0.1) is 0 Å². The Morgan fingerprint density at radius 1 is 1.20 bits per heavy atom. The fourth-order valence-electron chi connectivity index (χ4n) is 3.55. The third-order valence-electron chi connectivity index (χ3n) is 5.32. The number of nitrogens with one attached hydrogen (secondary N) is 2. The number of rotatable bonds is 8. The van der Waals surface area contributed by atoms with E-state index >= 15 is 0 Å². The largest absolute Gasteiger partial charge is 0.505 e. The van der Waals surface area contributed by atoms with Gasteiger partial charge in [0.25, 0.3) is 5.56 Å². The Balaban J connectivity index is 1.89. The van der Waals surface area contributed by atoms with Gasteiger partial charge in [0.15, 0.2) is 5.69 Å². The SMILES string of the molecule is CCOC(=O)C[C@H](NC(=O)Nc1c(O)c(C)cn(C)c1=O)c1cccc(-c2ccc(OC)nc2)c1. The average molecular weight is 481 g/mol. The van der Waals surface area contributed by atoms with Crippen LogP contribution in [0.5, 0.6) is 11.6 Å². The van der Waals surface area contributed by atoms with E-state index in [9.17, 15) is 19.5 Å². The van der Waals surface area contributed by atoms with Crippen LogP contribution >= 0.6 is 0 Å². The molecule has 0 radical (unpaired) electrons. The van der Waals surface area contributed by atoms with Gasteiger partial charge in [0.2, 0.25) is 5.88 Å². The molecule has 0 aliphatic rings. The normalized spacial score (nSPS) is 11.4. The molecule has 2 aromatic heterocycles. The minimum absolute atomic E-state index is 0.136. The fourth-order valence-corrected chi connectivity index (χ4v) is 3.55. The summed E-state index contributed by atoms with van der Waals surface area (Å²) < 4.78 is 11.4. The number of aromatic nitrogens is 2. The number of anilines is 1. The van der Waals surface area contributed by atoms with Crippen LogP contribution in [0.2, 0.25) is 0 Å². The molecule has 2 heterocycles. The van der Waals surface area contributed by atoms with Gasteiger partial charge in [-0.3, -0.25) is 9.59 Å². The summed E-state index contributed by atoms with van der Waals surface area (Å²) >= 11 is 0. The molecular formula is C25H28N4O6. The van der Waals surface area contributed by atoms with Crippen molar-refractivity contribution in [1.29, 1.82) is 0 Å². The lowest BCUT2D eigenvalue weighted by atomic mass is 9.98. The lowest BCUT2D eigenvalue weighted by Crippen LogP contribution is -2.36. The third-order valence-corrected chi connectivity index (χ3v) is 5.32. The number of amides is 2. The van der Waals surface area contributed by atoms with Crippen LogP contribution in [-0.2, 0) is 16.6 Å². The van der Waals surface area contributed by atoms with Crippen molar-refractivity contribution in [2.45, 2.75) is 26.3 Å². The van der Waals surface area contributed by atoms with E-state index in [1.807, 2.05) is 18.2 Å². The molecule has 0 aliphatic heterocycles. The second-order valence-electron chi connectivity index (χ2n) is 7.83. The smallest absolute Gasteiger partial charge is 0.319 e. The van der Waals surface area contributed by atoms with Gasteiger partial charge in [-0.1, -0.05) is 18.2 Å². The Labute approximate surface area is 202 Å². The first kappa shape index (κ1) is 25.3. The van der Waals surface area contributed by atoms with E-state index in [4.69, 9.17) is 9.47 Å². The standard InChI is InChI=1S/C25H28N4O6/c1-5-35-21(30)12-19(27-25(33)28-22-23(31)15(2)14-29(3)24(22)32)17-8-6-7-16(11-17)18-9-10-20(34-4)26-13-18/h6-11,13-14,19,31H,5,12H2,1-4H3,(H2,27,28,33)/t19-/m0/s1. The molecule has 3 rings (SSSR count). The Bertz CT molecular complexity index is 1270. The molecule has 184 valence electrons. The van der Waals surface area contributed by atoms with Gasteiger partial charge in [0.1, 0.15) is 5.75 Å². The molecule has 10 heteroatoms. The number of carbonyl (C=O) groups excluding carboxylic acids is 2. The number of aromatic hydroxyl groups is 1. The lowest BCUT2D eigenvalue weighted by molar-refractivity contribution is -0.143. The van der Waals surface area contributed by atoms with Gasteiger partial charge < -0.3 is 29.8 Å². The third kappa shape index (κ3) is 6.17. The summed E-state index contributed by atoms with van der Waals surface area (Å²) in [6.07, 6.45) is 2.99. The van der Waals surface area contributed by atoms with Crippen molar-refractivity contribution in [1.82, 2.24) is 14.9 Å². The number of ether oxygens (including phenoxy) is 2. The first-order valence-corrected chi connectivity index (χ1v) is 11.0. The minimum Gasteiger partial charge on any atom is -0.505 e. The van der Waals surface area contributed by atoms with Crippen molar-refractivity contribution in [2.24, 2.45) is 7.05 Å². The Hall–Kier alpha value is -4.34. The average Bonchev–Trinajstić information content (AvgIpc) is 2.85. The number of urea groups is 1. The molecule has 2 amide bonds. The number of aryl methyl sites for hydroxylation is 2. The molecule has 3 N–H and O–H groups in total. The van der Waals surface area contributed by atoms with Crippen LogP contribution in [0, 0.1) is 6.92 Å². The van der Waals surface area contributed by atoms with Gasteiger partial charge in [0, 0.05) is 36.6 Å². The number of hydrogen-bond acceptors (Lipinski definition) is 7. The Kier molecular flexibility index (Phi) is 8.08. The summed E-state index contributed by atoms with van der Waals surface area (Å²) in [4.78, 5) is 41.7. The molecule has 0 bridgehead atoms. The zero-order chi connectivity index (χ0) is 25.5. The van der Waals surface area contributed by atoms with Crippen LogP contribution in [0.4, 0.5) is 10.5 Å². The van der Waals surface area contributed by atoms with Gasteiger partial charge in [-0.2, -0.15) is 0 Å². The number of hydrogen-bond donors (Lipinski definition) is 3. The molecule has 3 aromatic rings. The minimum atomic E-state index is -0.768. The van der Waals surface area contributed by atoms with Crippen LogP contribution in [0.1, 0.15) is 30.5 Å². The molecule has 0 aliphatic carbocycles. The molecule has 1 atom stereocenters. The maximum absolute atomic E-state index is 12.8. The highest BCUT2D eigenvalue weighted by Gasteiger charge is 2.22. The second kappa shape index (κ2) is 11.2. The molecule has 10 nitrogen and oxygen atoms in total. The molecule has 0 spiro atoms. The van der Waals surface area contributed by atoms with Crippen LogP contribution in [0.3, 0.4) is 0 Å². The second-order valence-corrected chi connectivity index (χ2v) is 7.83. The Morgan fingerprint density at radius 3 is 2.63 bits per heavy atom. The number of carbonyl (C=O) groups is 2. The molecule has 0 saturated heterocycles. The lowest BCUT2D eigenvalue weighted by Gasteiger charge is -2.20. The highest BCUT2D eigenvalue weighted by atomic mass is 16.5. The number of nitrogens with zero attached hydrogens (tertiary/aromatic N) is 2. The van der Waals surface area contributed by atoms with E-state index in [0.717, 1.165) is 11.1 Å². The predicted octanol–water partition coefficient (Wildman–Crippen LogP) is 3.29. The van der Waals surface area contributed by atoms with Gasteiger partial charge >= 0.3 is 12.0 Å². The van der Waals surface area contributed by atoms with Crippen LogP contribution in [0.25, 0.3) is 11.1 Å².